The van der Waals surface area contributed by atoms with Crippen molar-refractivity contribution in [3.63, 3.8) is 0 Å². The fourth-order valence-corrected chi connectivity index (χ4v) is 4.64. The Bertz CT molecular complexity index is 1120. The lowest BCUT2D eigenvalue weighted by atomic mass is 10.00. The monoisotopic (exact) mass is 477 g/mol. The van der Waals surface area contributed by atoms with Crippen molar-refractivity contribution in [1.29, 1.82) is 5.26 Å². The first-order valence-corrected chi connectivity index (χ1v) is 11.7. The van der Waals surface area contributed by atoms with Crippen LogP contribution >= 0.6 is 11.6 Å². The fraction of sp³-hybridized carbons (Fsp3) is 0.296. The van der Waals surface area contributed by atoms with Crippen molar-refractivity contribution < 1.29 is 14.9 Å². The molecule has 0 unspecified atom stereocenters. The minimum Gasteiger partial charge on any atom is -0.491 e. The highest BCUT2D eigenvalue weighted by molar-refractivity contribution is 6.33. The van der Waals surface area contributed by atoms with Crippen molar-refractivity contribution in [2.45, 2.75) is 12.1 Å². The lowest BCUT2D eigenvalue weighted by Crippen LogP contribution is -2.49. The zero-order chi connectivity index (χ0) is 23.9. The smallest absolute Gasteiger partial charge is 0.121 e. The number of aliphatic hydroxyl groups excluding tert-OH is 2. The van der Waals surface area contributed by atoms with Gasteiger partial charge in [0.25, 0.3) is 0 Å². The highest BCUT2D eigenvalue weighted by atomic mass is 35.5. The number of aliphatic hydroxyl groups is 2. The van der Waals surface area contributed by atoms with Gasteiger partial charge in [-0.05, 0) is 35.4 Å². The van der Waals surface area contributed by atoms with E-state index in [0.717, 1.165) is 30.9 Å². The molecule has 0 aliphatic carbocycles. The second-order valence-corrected chi connectivity index (χ2v) is 8.72. The first-order valence-electron chi connectivity index (χ1n) is 11.3. The number of halogens is 1. The van der Waals surface area contributed by atoms with E-state index in [1.807, 2.05) is 42.5 Å². The van der Waals surface area contributed by atoms with Crippen LogP contribution in [-0.2, 0) is 0 Å². The van der Waals surface area contributed by atoms with Crippen LogP contribution in [0, 0.1) is 11.3 Å². The van der Waals surface area contributed by atoms with Crippen molar-refractivity contribution in [3.05, 3.63) is 94.5 Å². The van der Waals surface area contributed by atoms with Gasteiger partial charge in [-0.1, -0.05) is 54.1 Å². The molecule has 1 saturated heterocycles. The molecule has 0 bridgehead atoms. The standard InChI is InChI=1S/C27H28ClN3O3/c28-24-16-23(34-15-14-32)10-11-25(24)31-13-12-30(18-26(31)21-4-2-1-3-5-21)19-27(33)22-8-6-20(17-29)7-9-22/h1-11,16,26-27,32-33H,12-15,18-19H2/t26-,27+/m0/s1. The third kappa shape index (κ3) is 5.69. The molecule has 2 atom stereocenters. The molecule has 6 nitrogen and oxygen atoms in total. The van der Waals surface area contributed by atoms with Gasteiger partial charge in [0, 0.05) is 32.2 Å². The topological polar surface area (TPSA) is 80.0 Å². The van der Waals surface area contributed by atoms with Crippen LogP contribution in [0.5, 0.6) is 5.75 Å². The zero-order valence-electron chi connectivity index (χ0n) is 18.8. The van der Waals surface area contributed by atoms with E-state index in [1.54, 1.807) is 18.2 Å². The molecule has 1 heterocycles. The van der Waals surface area contributed by atoms with Crippen molar-refractivity contribution in [2.75, 3.05) is 44.3 Å². The number of piperazine rings is 1. The summed E-state index contributed by atoms with van der Waals surface area (Å²) >= 11 is 6.66. The van der Waals surface area contributed by atoms with Gasteiger partial charge >= 0.3 is 0 Å². The predicted octanol–water partition coefficient (Wildman–Crippen LogP) is 4.18. The Morgan fingerprint density at radius 2 is 1.82 bits per heavy atom. The van der Waals surface area contributed by atoms with Crippen molar-refractivity contribution >= 4 is 17.3 Å². The third-order valence-corrected chi connectivity index (χ3v) is 6.40. The lowest BCUT2D eigenvalue weighted by Gasteiger charge is -2.44. The molecule has 7 heteroatoms. The second kappa shape index (κ2) is 11.4. The molecule has 34 heavy (non-hydrogen) atoms. The molecule has 0 aromatic heterocycles. The van der Waals surface area contributed by atoms with Crippen LogP contribution in [-0.4, -0.2) is 54.5 Å². The van der Waals surface area contributed by atoms with Crippen LogP contribution in [0.3, 0.4) is 0 Å². The molecule has 1 aliphatic heterocycles. The van der Waals surface area contributed by atoms with Crippen LogP contribution in [0.2, 0.25) is 5.02 Å². The largest absolute Gasteiger partial charge is 0.491 e. The van der Waals surface area contributed by atoms with E-state index < -0.39 is 6.10 Å². The van der Waals surface area contributed by atoms with Crippen molar-refractivity contribution in [2.24, 2.45) is 0 Å². The summed E-state index contributed by atoms with van der Waals surface area (Å²) in [6, 6.07) is 25.2. The first-order chi connectivity index (χ1) is 16.6. The number of ether oxygens (including phenoxy) is 1. The molecule has 1 fully saturated rings. The Hall–Kier alpha value is -3.08. The Morgan fingerprint density at radius 3 is 2.50 bits per heavy atom. The highest BCUT2D eigenvalue weighted by Gasteiger charge is 2.30. The third-order valence-electron chi connectivity index (χ3n) is 6.09. The van der Waals surface area contributed by atoms with E-state index in [-0.39, 0.29) is 19.3 Å². The van der Waals surface area contributed by atoms with Gasteiger partial charge in [0.05, 0.1) is 41.1 Å². The molecule has 4 rings (SSSR count). The van der Waals surface area contributed by atoms with Gasteiger partial charge < -0.3 is 19.8 Å². The summed E-state index contributed by atoms with van der Waals surface area (Å²) in [5, 5.41) is 29.4. The van der Waals surface area contributed by atoms with Crippen LogP contribution in [0.15, 0.2) is 72.8 Å². The fourth-order valence-electron chi connectivity index (χ4n) is 4.36. The number of rotatable bonds is 8. The molecule has 1 aliphatic rings. The van der Waals surface area contributed by atoms with Crippen LogP contribution in [0.25, 0.3) is 0 Å². The molecule has 3 aromatic carbocycles. The van der Waals surface area contributed by atoms with Gasteiger partial charge in [0.2, 0.25) is 0 Å². The quantitative estimate of drug-likeness (QED) is 0.506. The predicted molar refractivity (Wildman–Crippen MR) is 133 cm³/mol. The van der Waals surface area contributed by atoms with E-state index in [0.29, 0.717) is 22.9 Å². The van der Waals surface area contributed by atoms with Gasteiger partial charge in [0.15, 0.2) is 0 Å². The van der Waals surface area contributed by atoms with Crippen molar-refractivity contribution in [3.8, 4) is 11.8 Å². The molecular weight excluding hydrogens is 450 g/mol. The average Bonchev–Trinajstić information content (AvgIpc) is 2.88. The maximum atomic E-state index is 10.8. The Balaban J connectivity index is 1.53. The molecular formula is C27H28ClN3O3. The molecule has 2 N–H and O–H groups in total. The number of hydrogen-bond acceptors (Lipinski definition) is 6. The Labute approximate surface area is 205 Å². The highest BCUT2D eigenvalue weighted by Crippen LogP contribution is 2.37. The molecule has 0 radical (unpaired) electrons. The number of hydrogen-bond donors (Lipinski definition) is 2. The first kappa shape index (κ1) is 24.1. The summed E-state index contributed by atoms with van der Waals surface area (Å²) in [6.45, 7) is 2.93. The van der Waals surface area contributed by atoms with Gasteiger partial charge in [-0.25, -0.2) is 0 Å². The maximum Gasteiger partial charge on any atom is 0.121 e. The minimum absolute atomic E-state index is 0.0499. The molecule has 176 valence electrons. The van der Waals surface area contributed by atoms with Crippen LogP contribution in [0.1, 0.15) is 28.8 Å². The van der Waals surface area contributed by atoms with E-state index >= 15 is 0 Å². The van der Waals surface area contributed by atoms with E-state index in [1.165, 1.54) is 5.56 Å². The molecule has 3 aromatic rings. The van der Waals surface area contributed by atoms with Gasteiger partial charge in [0.1, 0.15) is 12.4 Å². The zero-order valence-corrected chi connectivity index (χ0v) is 19.6. The minimum atomic E-state index is -0.637. The van der Waals surface area contributed by atoms with Crippen LogP contribution < -0.4 is 9.64 Å². The summed E-state index contributed by atoms with van der Waals surface area (Å²) in [6.07, 6.45) is -0.637. The Kier molecular flexibility index (Phi) is 8.04. The summed E-state index contributed by atoms with van der Waals surface area (Å²) in [5.41, 5.74) is 3.49. The molecule has 0 spiro atoms. The number of nitrogens with zero attached hydrogens (tertiary/aromatic N) is 3. The van der Waals surface area contributed by atoms with Gasteiger partial charge in [-0.15, -0.1) is 0 Å². The lowest BCUT2D eigenvalue weighted by molar-refractivity contribution is 0.100. The number of nitriles is 1. The number of benzene rings is 3. The molecule has 0 amide bonds. The molecule has 0 saturated carbocycles. The van der Waals surface area contributed by atoms with Gasteiger partial charge in [-0.3, -0.25) is 4.90 Å². The van der Waals surface area contributed by atoms with Crippen LogP contribution in [0.4, 0.5) is 5.69 Å². The summed E-state index contributed by atoms with van der Waals surface area (Å²) in [5.74, 6) is 0.628. The summed E-state index contributed by atoms with van der Waals surface area (Å²) < 4.78 is 5.50. The summed E-state index contributed by atoms with van der Waals surface area (Å²) in [4.78, 5) is 4.57. The Morgan fingerprint density at radius 1 is 1.06 bits per heavy atom. The SMILES string of the molecule is N#Cc1ccc([C@H](O)CN2CCN(c3ccc(OCCO)cc3Cl)[C@H](c3ccccc3)C2)cc1. The normalized spacial score (nSPS) is 17.2. The maximum absolute atomic E-state index is 10.8. The van der Waals surface area contributed by atoms with E-state index in [9.17, 15) is 5.11 Å². The van der Waals surface area contributed by atoms with Crippen molar-refractivity contribution in [1.82, 2.24) is 4.90 Å². The number of β-amino-alcohol motifs (C(OH)–C–C–N with tert-alkyl or cyclic N) is 1. The second-order valence-electron chi connectivity index (χ2n) is 8.31. The summed E-state index contributed by atoms with van der Waals surface area (Å²) in [7, 11) is 0. The van der Waals surface area contributed by atoms with E-state index in [2.05, 4.69) is 28.0 Å². The average molecular weight is 478 g/mol. The van der Waals surface area contributed by atoms with Gasteiger partial charge in [-0.2, -0.15) is 5.26 Å². The van der Waals surface area contributed by atoms with E-state index in [4.69, 9.17) is 26.7 Å². The number of anilines is 1.